The second kappa shape index (κ2) is 14.0. The molecular formula is C67H49BN2. The van der Waals surface area contributed by atoms with Gasteiger partial charge in [0, 0.05) is 39.1 Å². The molecule has 0 aromatic heterocycles. The first-order valence-corrected chi connectivity index (χ1v) is 25.0. The van der Waals surface area contributed by atoms with Crippen molar-refractivity contribution >= 4 is 46.2 Å². The Bertz CT molecular complexity index is 3810. The third-order valence-electron chi connectivity index (χ3n) is 17.0. The first-order valence-electron chi connectivity index (χ1n) is 25.0. The highest BCUT2D eigenvalue weighted by Gasteiger charge is 2.56. The first-order chi connectivity index (χ1) is 34.3. The van der Waals surface area contributed by atoms with Crippen LogP contribution in [0.15, 0.2) is 224 Å². The van der Waals surface area contributed by atoms with Gasteiger partial charge in [0.1, 0.15) is 0 Å². The van der Waals surface area contributed by atoms with E-state index in [-0.39, 0.29) is 17.7 Å². The van der Waals surface area contributed by atoms with Crippen LogP contribution in [0.3, 0.4) is 0 Å². The molecule has 0 amide bonds. The van der Waals surface area contributed by atoms with E-state index in [0.29, 0.717) is 0 Å². The van der Waals surface area contributed by atoms with Crippen molar-refractivity contribution in [1.29, 1.82) is 0 Å². The van der Waals surface area contributed by atoms with E-state index < -0.39 is 5.41 Å². The van der Waals surface area contributed by atoms with E-state index in [4.69, 9.17) is 0 Å². The summed E-state index contributed by atoms with van der Waals surface area (Å²) in [7, 11) is 0. The molecule has 0 saturated carbocycles. The van der Waals surface area contributed by atoms with Crippen LogP contribution < -0.4 is 20.6 Å². The lowest BCUT2D eigenvalue weighted by Crippen LogP contribution is -2.63. The number of fused-ring (bicyclic) bond motifs is 13. The Kier molecular flexibility index (Phi) is 7.96. The van der Waals surface area contributed by atoms with Crippen LogP contribution in [0.25, 0.3) is 44.5 Å². The fourth-order valence-corrected chi connectivity index (χ4v) is 14.3. The minimum Gasteiger partial charge on any atom is -0.376 e. The second-order valence-corrected chi connectivity index (χ2v) is 21.1. The zero-order chi connectivity index (χ0) is 46.7. The number of para-hydroxylation sites is 2. The highest BCUT2D eigenvalue weighted by molar-refractivity contribution is 6.94. The molecule has 0 bridgehead atoms. The third-order valence-corrected chi connectivity index (χ3v) is 17.0. The molecule has 0 unspecified atom stereocenters. The van der Waals surface area contributed by atoms with Crippen LogP contribution in [-0.4, -0.2) is 6.85 Å². The van der Waals surface area contributed by atoms with Crippen LogP contribution in [0.1, 0.15) is 72.2 Å². The number of nitrogens with zero attached hydrogens (tertiary/aromatic N) is 2. The number of anilines is 5. The molecule has 0 fully saturated rings. The van der Waals surface area contributed by atoms with Crippen molar-refractivity contribution in [3.8, 4) is 44.5 Å². The number of hydrogen-bond acceptors (Lipinski definition) is 2. The quantitative estimate of drug-likeness (QED) is 0.162. The fourth-order valence-electron chi connectivity index (χ4n) is 14.3. The van der Waals surface area contributed by atoms with Crippen LogP contribution in [-0.2, 0) is 16.2 Å². The molecule has 5 aliphatic rings. The topological polar surface area (TPSA) is 6.48 Å². The fraction of sp³-hybridized carbons (Fsp3) is 0.104. The number of rotatable bonds is 4. The van der Waals surface area contributed by atoms with E-state index in [0.717, 1.165) is 0 Å². The van der Waals surface area contributed by atoms with Gasteiger partial charge in [-0.15, -0.1) is 0 Å². The van der Waals surface area contributed by atoms with Crippen molar-refractivity contribution < 1.29 is 0 Å². The van der Waals surface area contributed by atoms with Crippen molar-refractivity contribution in [2.45, 2.75) is 43.9 Å². The molecule has 2 nitrogen and oxygen atoms in total. The smallest absolute Gasteiger partial charge is 0.333 e. The lowest BCUT2D eigenvalue weighted by molar-refractivity contribution is 0.659. The average Bonchev–Trinajstić information content (AvgIpc) is 3.79. The second-order valence-electron chi connectivity index (χ2n) is 21.1. The lowest BCUT2D eigenvalue weighted by atomic mass is 9.41. The van der Waals surface area contributed by atoms with Gasteiger partial charge >= 0.3 is 6.85 Å². The molecule has 70 heavy (non-hydrogen) atoms. The van der Waals surface area contributed by atoms with Crippen LogP contribution in [0.2, 0.25) is 0 Å². The van der Waals surface area contributed by atoms with Gasteiger partial charge in [0.05, 0.1) is 11.1 Å². The molecule has 0 spiro atoms. The molecule has 3 aliphatic heterocycles. The van der Waals surface area contributed by atoms with Crippen molar-refractivity contribution in [2.75, 3.05) is 9.71 Å². The van der Waals surface area contributed by atoms with E-state index >= 15 is 0 Å². The summed E-state index contributed by atoms with van der Waals surface area (Å²) in [5.41, 5.74) is 28.8. The largest absolute Gasteiger partial charge is 0.376 e. The maximum Gasteiger partial charge on any atom is 0.333 e. The van der Waals surface area contributed by atoms with Gasteiger partial charge in [0.25, 0.3) is 0 Å². The molecular weight excluding hydrogens is 844 g/mol. The Morgan fingerprint density at radius 2 is 0.886 bits per heavy atom. The summed E-state index contributed by atoms with van der Waals surface area (Å²) in [6.07, 6.45) is 0. The summed E-state index contributed by atoms with van der Waals surface area (Å²) in [5, 5.41) is 0. The Hall–Kier alpha value is -8.14. The van der Waals surface area contributed by atoms with Crippen molar-refractivity contribution in [2.24, 2.45) is 0 Å². The maximum atomic E-state index is 2.79. The van der Waals surface area contributed by atoms with Gasteiger partial charge in [0.2, 0.25) is 0 Å². The van der Waals surface area contributed by atoms with Crippen LogP contribution in [0.4, 0.5) is 28.4 Å². The van der Waals surface area contributed by atoms with Gasteiger partial charge in [0.15, 0.2) is 0 Å². The first kappa shape index (κ1) is 39.8. The van der Waals surface area contributed by atoms with E-state index in [9.17, 15) is 0 Å². The van der Waals surface area contributed by atoms with Gasteiger partial charge in [-0.1, -0.05) is 228 Å². The minimum absolute atomic E-state index is 0.181. The van der Waals surface area contributed by atoms with Crippen molar-refractivity contribution in [1.82, 2.24) is 0 Å². The summed E-state index contributed by atoms with van der Waals surface area (Å²) in [5.74, 6) is 0. The standard InChI is InChI=1S/C67H49BN2/c1-65(2)52-31-16-14-28-46(52)49-30-20-37-58(60(49)65)70-59-40-43(42-22-8-5-9-23-42)38-39-48(59)51-41-50-47-29-15-17-32-53(47)66(3,4)61(50)64-62(51)68(70)56-35-21-34-55-63(56)69(64)57-36-19-18-33-54(57)67(55,44-24-10-6-11-25-44)45-26-12-7-13-27-45/h5-41H,1-4H3. The molecule has 3 heteroatoms. The number of hydrogen-bond donors (Lipinski definition) is 0. The predicted molar refractivity (Wildman–Crippen MR) is 293 cm³/mol. The summed E-state index contributed by atoms with van der Waals surface area (Å²) in [4.78, 5) is 5.53. The maximum absolute atomic E-state index is 2.79. The van der Waals surface area contributed by atoms with E-state index in [1.165, 1.54) is 128 Å². The van der Waals surface area contributed by atoms with E-state index in [1.807, 2.05) is 0 Å². The van der Waals surface area contributed by atoms with Crippen LogP contribution in [0.5, 0.6) is 0 Å². The Morgan fingerprint density at radius 1 is 0.343 bits per heavy atom. The van der Waals surface area contributed by atoms with Gasteiger partial charge in [-0.2, -0.15) is 0 Å². The minimum atomic E-state index is -0.618. The molecule has 15 rings (SSSR count). The van der Waals surface area contributed by atoms with Gasteiger partial charge in [-0.25, -0.2) is 0 Å². The molecule has 0 saturated heterocycles. The monoisotopic (exact) mass is 892 g/mol. The van der Waals surface area contributed by atoms with Crippen LogP contribution >= 0.6 is 0 Å². The Balaban J connectivity index is 1.14. The van der Waals surface area contributed by atoms with E-state index in [1.54, 1.807) is 0 Å². The molecule has 0 atom stereocenters. The normalized spacial score (nSPS) is 16.0. The molecule has 0 radical (unpaired) electrons. The molecule has 330 valence electrons. The highest BCUT2D eigenvalue weighted by Crippen LogP contribution is 2.64. The number of benzene rings is 10. The molecule has 10 aromatic rings. The zero-order valence-electron chi connectivity index (χ0n) is 39.8. The SMILES string of the molecule is CC1(C)c2ccccc2-c2cccc(N3B4c5cccc6c5N(c5ccccc5C6(c5ccccc5)c5ccccc5)c5c4c(cc4c5C(C)(C)c5ccccc5-4)-c4ccc(-c5ccccc5)cc43)c21. The average molecular weight is 893 g/mol. The summed E-state index contributed by atoms with van der Waals surface area (Å²) in [6, 6.07) is 85.5. The van der Waals surface area contributed by atoms with Gasteiger partial charge in [-0.3, -0.25) is 0 Å². The highest BCUT2D eigenvalue weighted by atomic mass is 15.2. The van der Waals surface area contributed by atoms with E-state index in [2.05, 4.69) is 262 Å². The summed E-state index contributed by atoms with van der Waals surface area (Å²) >= 11 is 0. The summed E-state index contributed by atoms with van der Waals surface area (Å²) in [6.45, 7) is 9.64. The van der Waals surface area contributed by atoms with Gasteiger partial charge < -0.3 is 9.71 Å². The third kappa shape index (κ3) is 4.89. The predicted octanol–water partition coefficient (Wildman–Crippen LogP) is 15.4. The lowest BCUT2D eigenvalue weighted by Gasteiger charge is -2.53. The Morgan fingerprint density at radius 3 is 1.59 bits per heavy atom. The zero-order valence-corrected chi connectivity index (χ0v) is 39.8. The molecule has 2 aliphatic carbocycles. The summed E-state index contributed by atoms with van der Waals surface area (Å²) < 4.78 is 0. The molecule has 3 heterocycles. The molecule has 0 N–H and O–H groups in total. The molecule has 10 aromatic carbocycles. The van der Waals surface area contributed by atoms with Crippen molar-refractivity contribution in [3.05, 3.63) is 269 Å². The van der Waals surface area contributed by atoms with Crippen molar-refractivity contribution in [3.63, 3.8) is 0 Å². The Labute approximate surface area is 411 Å². The van der Waals surface area contributed by atoms with Gasteiger partial charge in [-0.05, 0) is 119 Å². The van der Waals surface area contributed by atoms with Crippen LogP contribution in [0, 0.1) is 0 Å².